The van der Waals surface area contributed by atoms with Crippen LogP contribution < -0.4 is 20.1 Å². The van der Waals surface area contributed by atoms with Crippen LogP contribution in [0.3, 0.4) is 0 Å². The molecule has 0 bridgehead atoms. The normalized spacial score (nSPS) is 14.0. The van der Waals surface area contributed by atoms with Crippen LogP contribution in [0.2, 0.25) is 0 Å². The van der Waals surface area contributed by atoms with Gasteiger partial charge in [0, 0.05) is 11.6 Å². The van der Waals surface area contributed by atoms with Crippen molar-refractivity contribution >= 4 is 23.2 Å². The second kappa shape index (κ2) is 13.5. The molecule has 1 fully saturated rings. The summed E-state index contributed by atoms with van der Waals surface area (Å²) in [6, 6.07) is 16.7. The average molecular weight is 574 g/mol. The maximum atomic E-state index is 13.7. The Bertz CT molecular complexity index is 1430. The molecule has 41 heavy (non-hydrogen) atoms. The zero-order valence-electron chi connectivity index (χ0n) is 23.3. The second-order valence-corrected chi connectivity index (χ2v) is 11.0. The van der Waals surface area contributed by atoms with E-state index in [1.165, 1.54) is 11.3 Å². The lowest BCUT2D eigenvalue weighted by atomic mass is 10.0. The molecule has 0 radical (unpaired) electrons. The Morgan fingerprint density at radius 2 is 1.78 bits per heavy atom. The van der Waals surface area contributed by atoms with Gasteiger partial charge in [-0.05, 0) is 49.4 Å². The van der Waals surface area contributed by atoms with Gasteiger partial charge in [0.25, 0.3) is 5.91 Å². The molecule has 2 amide bonds. The van der Waals surface area contributed by atoms with Gasteiger partial charge in [-0.3, -0.25) is 14.3 Å². The first-order valence-corrected chi connectivity index (χ1v) is 14.8. The molecule has 0 saturated heterocycles. The molecule has 2 aromatic heterocycles. The molecule has 0 unspecified atom stereocenters. The molecular formula is C31H35N5O4S. The Balaban J connectivity index is 1.42. The minimum atomic E-state index is -0.747. The number of nitrogens with one attached hydrogen (secondary N) is 2. The van der Waals surface area contributed by atoms with E-state index < -0.39 is 11.9 Å². The summed E-state index contributed by atoms with van der Waals surface area (Å²) in [4.78, 5) is 31.2. The summed E-state index contributed by atoms with van der Waals surface area (Å²) < 4.78 is 13.3. The van der Waals surface area contributed by atoms with Gasteiger partial charge in [0.15, 0.2) is 5.69 Å². The van der Waals surface area contributed by atoms with E-state index in [4.69, 9.17) is 14.6 Å². The average Bonchev–Trinajstić information content (AvgIpc) is 3.80. The lowest BCUT2D eigenvalue weighted by molar-refractivity contribution is -0.123. The number of ether oxygens (including phenoxy) is 2. The molecular weight excluding hydrogens is 538 g/mol. The number of nitrogens with zero attached hydrogens (tertiary/aromatic N) is 3. The van der Waals surface area contributed by atoms with Crippen LogP contribution in [0.25, 0.3) is 11.3 Å². The maximum absolute atomic E-state index is 13.7. The number of aryl methyl sites for hydroxylation is 1. The lowest BCUT2D eigenvalue weighted by Crippen LogP contribution is -2.47. The number of methoxy groups -OCH3 is 2. The third kappa shape index (κ3) is 6.77. The molecule has 0 aliphatic heterocycles. The maximum Gasteiger partial charge on any atom is 0.272 e. The molecule has 1 saturated carbocycles. The summed E-state index contributed by atoms with van der Waals surface area (Å²) in [6.45, 7) is 0.308. The van der Waals surface area contributed by atoms with Gasteiger partial charge in [-0.2, -0.15) is 5.10 Å². The lowest BCUT2D eigenvalue weighted by Gasteiger charge is -2.18. The molecule has 2 heterocycles. The molecule has 1 atom stereocenters. The van der Waals surface area contributed by atoms with Crippen LogP contribution in [-0.2, 0) is 17.8 Å². The summed E-state index contributed by atoms with van der Waals surface area (Å²) in [5.41, 5.74) is 2.84. The number of hydrogen-bond donors (Lipinski definition) is 2. The monoisotopic (exact) mass is 573 g/mol. The molecule has 1 aliphatic carbocycles. The van der Waals surface area contributed by atoms with Crippen molar-refractivity contribution in [3.8, 4) is 22.8 Å². The van der Waals surface area contributed by atoms with Crippen LogP contribution in [0.1, 0.15) is 59.2 Å². The minimum absolute atomic E-state index is 0.164. The van der Waals surface area contributed by atoms with Gasteiger partial charge in [-0.25, -0.2) is 4.98 Å². The summed E-state index contributed by atoms with van der Waals surface area (Å²) in [5.74, 6) is 0.612. The predicted molar refractivity (Wildman–Crippen MR) is 158 cm³/mol. The molecule has 0 spiro atoms. The summed E-state index contributed by atoms with van der Waals surface area (Å²) >= 11 is 1.47. The van der Waals surface area contributed by atoms with Crippen molar-refractivity contribution in [1.82, 2.24) is 25.4 Å². The van der Waals surface area contributed by atoms with E-state index in [1.54, 1.807) is 26.5 Å². The first-order chi connectivity index (χ1) is 20.1. The predicted octanol–water partition coefficient (Wildman–Crippen LogP) is 5.19. The highest BCUT2D eigenvalue weighted by Gasteiger charge is 2.29. The highest BCUT2D eigenvalue weighted by Crippen LogP contribution is 2.41. The first kappa shape index (κ1) is 28.4. The smallest absolute Gasteiger partial charge is 0.272 e. The van der Waals surface area contributed by atoms with Crippen LogP contribution in [0.15, 0.2) is 66.2 Å². The fraction of sp³-hybridized carbons (Fsp3) is 0.355. The van der Waals surface area contributed by atoms with Crippen molar-refractivity contribution in [3.63, 3.8) is 0 Å². The molecule has 1 aliphatic rings. The van der Waals surface area contributed by atoms with Crippen molar-refractivity contribution in [2.24, 2.45) is 0 Å². The van der Waals surface area contributed by atoms with E-state index in [9.17, 15) is 9.59 Å². The number of benzene rings is 2. The van der Waals surface area contributed by atoms with E-state index in [0.717, 1.165) is 47.5 Å². The quantitative estimate of drug-likeness (QED) is 0.242. The van der Waals surface area contributed by atoms with Gasteiger partial charge in [-0.15, -0.1) is 11.3 Å². The van der Waals surface area contributed by atoms with E-state index in [0.29, 0.717) is 30.9 Å². The Hall–Kier alpha value is -4.18. The topological polar surface area (TPSA) is 107 Å². The van der Waals surface area contributed by atoms with Gasteiger partial charge >= 0.3 is 0 Å². The third-order valence-electron chi connectivity index (χ3n) is 7.41. The van der Waals surface area contributed by atoms with Crippen molar-refractivity contribution in [3.05, 3.63) is 82.4 Å². The summed E-state index contributed by atoms with van der Waals surface area (Å²) in [7, 11) is 3.23. The van der Waals surface area contributed by atoms with Gasteiger partial charge in [-0.1, -0.05) is 49.2 Å². The molecule has 2 aromatic carbocycles. The molecule has 10 heteroatoms. The number of amides is 2. The van der Waals surface area contributed by atoms with Crippen LogP contribution >= 0.6 is 11.3 Å². The Labute approximate surface area is 243 Å². The summed E-state index contributed by atoms with van der Waals surface area (Å²) in [6.07, 6.45) is 6.95. The standard InChI is InChI=1S/C31H35N5O4S/c1-39-26-13-8-14-27(40-2)29(26)25-19-24(35-36(25)22-11-6-7-12-22)31(38)34-23(16-15-21-9-4-3-5-10-21)30(37)33-20-28-32-17-18-41-28/h3-5,8-10,13-14,17-19,22-23H,6-7,11-12,15-16,20H2,1-2H3,(H,33,37)(H,34,38)/t23-/m0/s1. The fourth-order valence-electron chi connectivity index (χ4n) is 5.31. The Morgan fingerprint density at radius 3 is 2.44 bits per heavy atom. The Morgan fingerprint density at radius 1 is 1.05 bits per heavy atom. The van der Waals surface area contributed by atoms with E-state index in [-0.39, 0.29) is 17.6 Å². The van der Waals surface area contributed by atoms with E-state index in [1.807, 2.05) is 58.6 Å². The van der Waals surface area contributed by atoms with Crippen molar-refractivity contribution in [2.45, 2.75) is 57.2 Å². The van der Waals surface area contributed by atoms with Crippen molar-refractivity contribution < 1.29 is 19.1 Å². The van der Waals surface area contributed by atoms with Gasteiger partial charge in [0.05, 0.1) is 38.1 Å². The highest BCUT2D eigenvalue weighted by molar-refractivity contribution is 7.09. The van der Waals surface area contributed by atoms with Crippen LogP contribution in [0.4, 0.5) is 0 Å². The van der Waals surface area contributed by atoms with Crippen LogP contribution in [0.5, 0.6) is 11.5 Å². The van der Waals surface area contributed by atoms with Gasteiger partial charge < -0.3 is 20.1 Å². The van der Waals surface area contributed by atoms with Crippen LogP contribution in [0, 0.1) is 0 Å². The number of carbonyl (C=O) groups is 2. The zero-order chi connectivity index (χ0) is 28.6. The van der Waals surface area contributed by atoms with Crippen LogP contribution in [-0.4, -0.2) is 46.8 Å². The van der Waals surface area contributed by atoms with Gasteiger partial charge in [0.2, 0.25) is 5.91 Å². The SMILES string of the molecule is COc1cccc(OC)c1-c1cc(C(=O)N[C@@H](CCc2ccccc2)C(=O)NCc2nccs2)nn1C1CCCC1. The highest BCUT2D eigenvalue weighted by atomic mass is 32.1. The fourth-order valence-corrected chi connectivity index (χ4v) is 5.86. The molecule has 2 N–H and O–H groups in total. The van der Waals surface area contributed by atoms with E-state index >= 15 is 0 Å². The number of rotatable bonds is 12. The summed E-state index contributed by atoms with van der Waals surface area (Å²) in [5, 5.41) is 13.4. The molecule has 4 aromatic rings. The third-order valence-corrected chi connectivity index (χ3v) is 8.19. The van der Waals surface area contributed by atoms with E-state index in [2.05, 4.69) is 15.6 Å². The molecule has 9 nitrogen and oxygen atoms in total. The Kier molecular flexibility index (Phi) is 9.30. The second-order valence-electron chi connectivity index (χ2n) is 10.0. The number of aromatic nitrogens is 3. The van der Waals surface area contributed by atoms with Crippen molar-refractivity contribution in [1.29, 1.82) is 0 Å². The zero-order valence-corrected chi connectivity index (χ0v) is 24.2. The van der Waals surface area contributed by atoms with Gasteiger partial charge in [0.1, 0.15) is 22.5 Å². The minimum Gasteiger partial charge on any atom is -0.496 e. The largest absolute Gasteiger partial charge is 0.496 e. The molecule has 214 valence electrons. The van der Waals surface area contributed by atoms with Crippen molar-refractivity contribution in [2.75, 3.05) is 14.2 Å². The molecule has 5 rings (SSSR count). The number of carbonyl (C=O) groups excluding carboxylic acids is 2. The first-order valence-electron chi connectivity index (χ1n) is 13.9. The number of hydrogen-bond acceptors (Lipinski definition) is 7. The number of thiazole rings is 1.